The quantitative estimate of drug-likeness (QED) is 0.176. The predicted octanol–water partition coefficient (Wildman–Crippen LogP) is 8.80. The molecular formula is C34H27ClN2O5. The van der Waals surface area contributed by atoms with E-state index in [9.17, 15) is 9.59 Å². The number of nitrogens with zero attached hydrogens (tertiary/aromatic N) is 1. The van der Waals surface area contributed by atoms with Crippen LogP contribution in [0.15, 0.2) is 108 Å². The second-order valence-electron chi connectivity index (χ2n) is 10.2. The molecule has 1 aliphatic rings. The van der Waals surface area contributed by atoms with Crippen LogP contribution in [0.2, 0.25) is 5.02 Å². The van der Waals surface area contributed by atoms with Gasteiger partial charge in [-0.2, -0.15) is 0 Å². The van der Waals surface area contributed by atoms with Crippen LogP contribution >= 0.6 is 11.6 Å². The smallest absolute Gasteiger partial charge is 0.412 e. The number of aromatic nitrogens is 1. The molecule has 7 nitrogen and oxygen atoms in total. The van der Waals surface area contributed by atoms with Crippen molar-refractivity contribution in [1.29, 1.82) is 0 Å². The molecule has 8 heteroatoms. The molecule has 0 bridgehead atoms. The maximum absolute atomic E-state index is 13.1. The maximum Gasteiger partial charge on any atom is 0.412 e. The molecule has 0 unspecified atom stereocenters. The lowest BCUT2D eigenvalue weighted by Gasteiger charge is -2.16. The van der Waals surface area contributed by atoms with E-state index in [1.54, 1.807) is 13.0 Å². The van der Waals surface area contributed by atoms with Gasteiger partial charge in [0.15, 0.2) is 5.76 Å². The Morgan fingerprint density at radius 2 is 1.50 bits per heavy atom. The number of anilines is 1. The lowest BCUT2D eigenvalue weighted by molar-refractivity contribution is -0.136. The summed E-state index contributed by atoms with van der Waals surface area (Å²) in [5.74, 6) is 0.403. The molecule has 0 spiro atoms. The minimum absolute atomic E-state index is 0.402. The largest absolute Gasteiger partial charge is 0.456 e. The summed E-state index contributed by atoms with van der Waals surface area (Å²) >= 11 is 6.30. The van der Waals surface area contributed by atoms with Gasteiger partial charge < -0.3 is 14.0 Å². The summed E-state index contributed by atoms with van der Waals surface area (Å²) in [6, 6.07) is 32.5. The Morgan fingerprint density at radius 3 is 2.14 bits per heavy atom. The number of carbonyl (C=O) groups is 2. The van der Waals surface area contributed by atoms with Crippen LogP contribution in [0.25, 0.3) is 33.7 Å². The lowest BCUT2D eigenvalue weighted by Crippen LogP contribution is -2.16. The van der Waals surface area contributed by atoms with Gasteiger partial charge in [-0.25, -0.2) is 4.79 Å². The molecule has 1 heterocycles. The number of rotatable bonds is 9. The molecule has 1 aromatic heterocycles. The Kier molecular flexibility index (Phi) is 7.50. The second-order valence-corrected chi connectivity index (χ2v) is 10.6. The third kappa shape index (κ3) is 5.51. The summed E-state index contributed by atoms with van der Waals surface area (Å²) in [7, 11) is 0. The summed E-state index contributed by atoms with van der Waals surface area (Å²) < 4.78 is 16.8. The molecule has 0 aliphatic heterocycles. The number of carbonyl (C=O) groups excluding carboxylic acids is 2. The third-order valence-corrected chi connectivity index (χ3v) is 7.81. The van der Waals surface area contributed by atoms with Crippen LogP contribution in [-0.2, 0) is 19.9 Å². The van der Waals surface area contributed by atoms with E-state index >= 15 is 0 Å². The number of hydrogen-bond acceptors (Lipinski definition) is 6. The highest BCUT2D eigenvalue weighted by Gasteiger charge is 2.46. The van der Waals surface area contributed by atoms with Crippen molar-refractivity contribution in [3.63, 3.8) is 0 Å². The van der Waals surface area contributed by atoms with E-state index in [4.69, 9.17) is 25.6 Å². The second kappa shape index (κ2) is 11.5. The molecule has 1 N–H and O–H groups in total. The third-order valence-electron chi connectivity index (χ3n) is 7.46. The van der Waals surface area contributed by atoms with Crippen molar-refractivity contribution in [2.75, 3.05) is 5.32 Å². The topological polar surface area (TPSA) is 90.7 Å². The van der Waals surface area contributed by atoms with Crippen molar-refractivity contribution in [2.45, 2.75) is 31.5 Å². The molecule has 4 aromatic carbocycles. The highest BCUT2D eigenvalue weighted by atomic mass is 35.5. The zero-order valence-corrected chi connectivity index (χ0v) is 23.5. The van der Waals surface area contributed by atoms with E-state index in [1.807, 2.05) is 97.1 Å². The summed E-state index contributed by atoms with van der Waals surface area (Å²) in [6.45, 7) is 2.28. The number of ether oxygens (including phenoxy) is 2. The van der Waals surface area contributed by atoms with E-state index in [2.05, 4.69) is 10.5 Å². The van der Waals surface area contributed by atoms with Gasteiger partial charge in [0.2, 0.25) is 0 Å². The SMILES string of the molecule is C[C@@H](OC(=O)Nc1c(-c2ccccc2)noc1-c1ccc(-c2ccc(C3(OC=O)CC3)cc2)cc1)c1ccccc1Cl. The Labute approximate surface area is 248 Å². The molecule has 1 amide bonds. The molecule has 1 saturated carbocycles. The maximum atomic E-state index is 13.1. The van der Waals surface area contributed by atoms with E-state index < -0.39 is 17.8 Å². The van der Waals surface area contributed by atoms with Crippen LogP contribution in [0.5, 0.6) is 0 Å². The highest BCUT2D eigenvalue weighted by molar-refractivity contribution is 6.31. The van der Waals surface area contributed by atoms with Gasteiger partial charge in [0.05, 0.1) is 0 Å². The Hall–Kier alpha value is -4.88. The highest BCUT2D eigenvalue weighted by Crippen LogP contribution is 2.49. The van der Waals surface area contributed by atoms with E-state index in [0.717, 1.165) is 40.7 Å². The molecule has 6 rings (SSSR count). The van der Waals surface area contributed by atoms with Gasteiger partial charge in [0, 0.05) is 21.7 Å². The van der Waals surface area contributed by atoms with Crippen LogP contribution in [0, 0.1) is 0 Å². The van der Waals surface area contributed by atoms with Gasteiger partial charge in [-0.15, -0.1) is 0 Å². The van der Waals surface area contributed by atoms with E-state index in [1.165, 1.54) is 0 Å². The number of benzene rings is 4. The molecule has 42 heavy (non-hydrogen) atoms. The number of nitrogens with one attached hydrogen (secondary N) is 1. The average molecular weight is 579 g/mol. The van der Waals surface area contributed by atoms with Gasteiger partial charge in [0.1, 0.15) is 23.1 Å². The molecule has 210 valence electrons. The van der Waals surface area contributed by atoms with Crippen LogP contribution in [0.1, 0.15) is 37.0 Å². The number of amides is 1. The molecule has 1 atom stereocenters. The summed E-state index contributed by atoms with van der Waals surface area (Å²) in [6.07, 6.45) is 0.440. The van der Waals surface area contributed by atoms with Gasteiger partial charge in [-0.3, -0.25) is 10.1 Å². The average Bonchev–Trinajstić information content (AvgIpc) is 3.69. The van der Waals surface area contributed by atoms with Crippen LogP contribution < -0.4 is 5.32 Å². The molecule has 1 fully saturated rings. The molecule has 5 aromatic rings. The first kappa shape index (κ1) is 27.3. The Bertz CT molecular complexity index is 1710. The fourth-order valence-corrected chi connectivity index (χ4v) is 5.31. The number of halogens is 1. The first-order valence-electron chi connectivity index (χ1n) is 13.6. The normalized spacial score (nSPS) is 14.0. The van der Waals surface area contributed by atoms with E-state index in [-0.39, 0.29) is 0 Å². The molecule has 0 saturated heterocycles. The zero-order valence-electron chi connectivity index (χ0n) is 22.8. The van der Waals surface area contributed by atoms with E-state index in [0.29, 0.717) is 34.2 Å². The fraction of sp³-hybridized carbons (Fsp3) is 0.147. The van der Waals surface area contributed by atoms with Crippen molar-refractivity contribution in [1.82, 2.24) is 5.16 Å². The summed E-state index contributed by atoms with van der Waals surface area (Å²) in [4.78, 5) is 24.0. The van der Waals surface area contributed by atoms with Crippen LogP contribution in [0.3, 0.4) is 0 Å². The molecule has 0 radical (unpaired) electrons. The van der Waals surface area contributed by atoms with Crippen molar-refractivity contribution in [2.24, 2.45) is 0 Å². The lowest BCUT2D eigenvalue weighted by atomic mass is 9.99. The molecule has 1 aliphatic carbocycles. The monoisotopic (exact) mass is 578 g/mol. The van der Waals surface area contributed by atoms with Gasteiger partial charge >= 0.3 is 6.09 Å². The zero-order chi connectivity index (χ0) is 29.1. The van der Waals surface area contributed by atoms with Crippen LogP contribution in [-0.4, -0.2) is 17.7 Å². The minimum atomic E-state index is -0.659. The predicted molar refractivity (Wildman–Crippen MR) is 161 cm³/mol. The standard InChI is InChI=1S/C34H27ClN2O5/c1-22(28-9-5-6-10-29(28)35)41-33(39)36-31-30(25-7-3-2-4-8-25)37-42-32(31)26-13-11-23(12-14-26)24-15-17-27(18-16-24)34(19-20-34)40-21-38/h2-18,21-22H,19-20H2,1H3,(H,36,39)/t22-/m1/s1. The summed E-state index contributed by atoms with van der Waals surface area (Å²) in [5, 5.41) is 7.68. The van der Waals surface area contributed by atoms with Crippen molar-refractivity contribution < 1.29 is 23.6 Å². The van der Waals surface area contributed by atoms with Gasteiger partial charge in [-0.05, 0) is 42.5 Å². The van der Waals surface area contributed by atoms with Crippen molar-refractivity contribution >= 4 is 29.9 Å². The first-order chi connectivity index (χ1) is 20.5. The minimum Gasteiger partial charge on any atom is -0.456 e. The Balaban J connectivity index is 1.26. The van der Waals surface area contributed by atoms with Crippen molar-refractivity contribution in [3.05, 3.63) is 119 Å². The van der Waals surface area contributed by atoms with Gasteiger partial charge in [0.25, 0.3) is 6.47 Å². The first-order valence-corrected chi connectivity index (χ1v) is 14.0. The number of hydrogen-bond donors (Lipinski definition) is 1. The fourth-order valence-electron chi connectivity index (χ4n) is 5.02. The van der Waals surface area contributed by atoms with Crippen LogP contribution in [0.4, 0.5) is 10.5 Å². The van der Waals surface area contributed by atoms with Crippen molar-refractivity contribution in [3.8, 4) is 33.7 Å². The van der Waals surface area contributed by atoms with Gasteiger partial charge in [-0.1, -0.05) is 114 Å². The summed E-state index contributed by atoms with van der Waals surface area (Å²) in [5.41, 5.74) is 5.65. The molecular weight excluding hydrogens is 552 g/mol. The Morgan fingerprint density at radius 1 is 0.881 bits per heavy atom.